The van der Waals surface area contributed by atoms with Crippen molar-refractivity contribution in [3.8, 4) is 0 Å². The van der Waals surface area contributed by atoms with Gasteiger partial charge in [-0.15, -0.1) is 0 Å². The molecule has 0 radical (unpaired) electrons. The predicted molar refractivity (Wildman–Crippen MR) is 103 cm³/mol. The van der Waals surface area contributed by atoms with Crippen LogP contribution in [0.3, 0.4) is 0 Å². The van der Waals surface area contributed by atoms with Gasteiger partial charge < -0.3 is 5.32 Å². The summed E-state index contributed by atoms with van der Waals surface area (Å²) in [6, 6.07) is 5.70. The van der Waals surface area contributed by atoms with Gasteiger partial charge in [0, 0.05) is 6.04 Å². The van der Waals surface area contributed by atoms with E-state index in [0.717, 1.165) is 24.2 Å². The Kier molecular flexibility index (Phi) is 4.81. The van der Waals surface area contributed by atoms with Crippen LogP contribution in [0.15, 0.2) is 24.3 Å². The van der Waals surface area contributed by atoms with E-state index in [4.69, 9.17) is 0 Å². The number of urea groups is 1. The number of nitrogens with zero attached hydrogens (tertiary/aromatic N) is 3. The van der Waals surface area contributed by atoms with Gasteiger partial charge in [-0.3, -0.25) is 29.0 Å². The van der Waals surface area contributed by atoms with Crippen molar-refractivity contribution in [1.82, 2.24) is 9.80 Å². The maximum Gasteiger partial charge on any atom is 0.334 e. The third-order valence-corrected chi connectivity index (χ3v) is 5.85. The molecule has 1 aromatic rings. The first kappa shape index (κ1) is 19.1. The Bertz CT molecular complexity index is 914. The van der Waals surface area contributed by atoms with Crippen molar-refractivity contribution in [3.05, 3.63) is 24.3 Å². The molecule has 152 valence electrons. The van der Waals surface area contributed by atoms with Crippen molar-refractivity contribution in [2.45, 2.75) is 38.6 Å². The molecule has 1 aliphatic carbocycles. The summed E-state index contributed by atoms with van der Waals surface area (Å²) < 4.78 is 0. The maximum atomic E-state index is 12.9. The molecule has 1 saturated heterocycles. The summed E-state index contributed by atoms with van der Waals surface area (Å²) in [5.41, 5.74) is 0.963. The van der Waals surface area contributed by atoms with Gasteiger partial charge in [0.1, 0.15) is 13.1 Å². The Morgan fingerprint density at radius 3 is 2.55 bits per heavy atom. The Morgan fingerprint density at radius 1 is 1.07 bits per heavy atom. The lowest BCUT2D eigenvalue weighted by atomic mass is 9.85. The number of amides is 6. The Morgan fingerprint density at radius 2 is 1.79 bits per heavy atom. The highest BCUT2D eigenvalue weighted by Crippen LogP contribution is 2.32. The first-order valence-electron chi connectivity index (χ1n) is 9.76. The lowest BCUT2D eigenvalue weighted by Gasteiger charge is -2.34. The minimum absolute atomic E-state index is 0.109. The minimum Gasteiger partial charge on any atom is -0.323 e. The topological polar surface area (TPSA) is 107 Å². The van der Waals surface area contributed by atoms with Crippen molar-refractivity contribution < 1.29 is 24.0 Å². The second-order valence-corrected chi connectivity index (χ2v) is 7.72. The van der Waals surface area contributed by atoms with Crippen LogP contribution < -0.4 is 10.2 Å². The number of benzene rings is 1. The highest BCUT2D eigenvalue weighted by molar-refractivity contribution is 6.45. The molecule has 0 spiro atoms. The summed E-state index contributed by atoms with van der Waals surface area (Å²) in [6.45, 7) is 1.16. The molecule has 29 heavy (non-hydrogen) atoms. The molecule has 3 aliphatic rings. The van der Waals surface area contributed by atoms with Gasteiger partial charge in [-0.2, -0.15) is 0 Å². The highest BCUT2D eigenvalue weighted by Gasteiger charge is 2.50. The van der Waals surface area contributed by atoms with Gasteiger partial charge in [0.25, 0.3) is 0 Å². The SMILES string of the molecule is C[C@H]1CCCC[C@H]1N1C(=O)C(=O)N(CC(=O)N2CC(=O)Nc3ccccc32)C1=O. The number of imide groups is 2. The van der Waals surface area contributed by atoms with Gasteiger partial charge in [-0.05, 0) is 30.9 Å². The van der Waals surface area contributed by atoms with Gasteiger partial charge in [-0.1, -0.05) is 31.9 Å². The molecule has 4 rings (SSSR count). The van der Waals surface area contributed by atoms with Crippen LogP contribution in [0, 0.1) is 5.92 Å². The Hall–Kier alpha value is -3.23. The Balaban J connectivity index is 1.54. The van der Waals surface area contributed by atoms with Gasteiger partial charge >= 0.3 is 17.8 Å². The molecule has 0 unspecified atom stereocenters. The minimum atomic E-state index is -0.990. The third kappa shape index (κ3) is 3.26. The molecule has 1 N–H and O–H groups in total. The van der Waals surface area contributed by atoms with E-state index in [0.29, 0.717) is 22.7 Å². The van der Waals surface area contributed by atoms with Crippen molar-refractivity contribution >= 4 is 41.0 Å². The number of carbonyl (C=O) groups excluding carboxylic acids is 5. The molecule has 6 amide bonds. The normalized spacial score (nSPS) is 24.7. The lowest BCUT2D eigenvalue weighted by molar-refractivity contribution is -0.145. The van der Waals surface area contributed by atoms with Gasteiger partial charge in [0.15, 0.2) is 0 Å². The molecule has 2 atom stereocenters. The van der Waals surface area contributed by atoms with Gasteiger partial charge in [-0.25, -0.2) is 9.69 Å². The van der Waals surface area contributed by atoms with E-state index in [1.807, 2.05) is 6.92 Å². The summed E-state index contributed by atoms with van der Waals surface area (Å²) in [5, 5.41) is 2.68. The summed E-state index contributed by atoms with van der Waals surface area (Å²) >= 11 is 0. The monoisotopic (exact) mass is 398 g/mol. The number of rotatable bonds is 3. The molecule has 1 aromatic carbocycles. The first-order valence-corrected chi connectivity index (χ1v) is 9.76. The van der Waals surface area contributed by atoms with E-state index in [-0.39, 0.29) is 24.4 Å². The Labute approximate surface area is 167 Å². The van der Waals surface area contributed by atoms with E-state index < -0.39 is 30.3 Å². The second kappa shape index (κ2) is 7.31. The smallest absolute Gasteiger partial charge is 0.323 e. The number of anilines is 2. The van der Waals surface area contributed by atoms with Crippen LogP contribution in [0.1, 0.15) is 32.6 Å². The second-order valence-electron chi connectivity index (χ2n) is 7.72. The maximum absolute atomic E-state index is 12.9. The molecule has 0 bridgehead atoms. The third-order valence-electron chi connectivity index (χ3n) is 5.85. The van der Waals surface area contributed by atoms with Crippen LogP contribution in [0.2, 0.25) is 0 Å². The molecule has 0 aromatic heterocycles. The van der Waals surface area contributed by atoms with Crippen LogP contribution in [-0.2, 0) is 19.2 Å². The number of hydrogen-bond donors (Lipinski definition) is 1. The fourth-order valence-electron chi connectivity index (χ4n) is 4.31. The van der Waals surface area contributed by atoms with Crippen LogP contribution >= 0.6 is 0 Å². The van der Waals surface area contributed by atoms with E-state index >= 15 is 0 Å². The quantitative estimate of drug-likeness (QED) is 0.611. The summed E-state index contributed by atoms with van der Waals surface area (Å²) in [4.78, 5) is 65.6. The molecule has 1 saturated carbocycles. The highest BCUT2D eigenvalue weighted by atomic mass is 16.2. The van der Waals surface area contributed by atoms with Crippen LogP contribution in [0.25, 0.3) is 0 Å². The zero-order chi connectivity index (χ0) is 20.7. The van der Waals surface area contributed by atoms with Crippen molar-refractivity contribution in [1.29, 1.82) is 0 Å². The summed E-state index contributed by atoms with van der Waals surface area (Å²) in [6.07, 6.45) is 3.46. The predicted octanol–water partition coefficient (Wildman–Crippen LogP) is 1.34. The molecule has 2 fully saturated rings. The average molecular weight is 398 g/mol. The van der Waals surface area contributed by atoms with Crippen molar-refractivity contribution in [2.24, 2.45) is 5.92 Å². The van der Waals surface area contributed by atoms with E-state index in [2.05, 4.69) is 5.32 Å². The number of nitrogens with one attached hydrogen (secondary N) is 1. The molecule has 9 heteroatoms. The number of carbonyl (C=O) groups is 5. The van der Waals surface area contributed by atoms with Crippen LogP contribution in [-0.4, -0.2) is 58.6 Å². The van der Waals surface area contributed by atoms with Crippen molar-refractivity contribution in [2.75, 3.05) is 23.3 Å². The zero-order valence-corrected chi connectivity index (χ0v) is 16.1. The standard InChI is InChI=1S/C20H22N4O5/c1-12-6-2-4-8-14(12)24-19(28)18(27)23(20(24)29)11-17(26)22-10-16(25)21-13-7-3-5-9-15(13)22/h3,5,7,9,12,14H,2,4,6,8,10-11H2,1H3,(H,21,25)/t12-,14+/m0/s1. The fourth-order valence-corrected chi connectivity index (χ4v) is 4.31. The molecular weight excluding hydrogens is 376 g/mol. The lowest BCUT2D eigenvalue weighted by Crippen LogP contribution is -2.49. The molecule has 2 aliphatic heterocycles. The van der Waals surface area contributed by atoms with E-state index in [1.165, 1.54) is 4.90 Å². The molecular formula is C20H22N4O5. The van der Waals surface area contributed by atoms with Gasteiger partial charge in [0.2, 0.25) is 11.8 Å². The molecule has 9 nitrogen and oxygen atoms in total. The summed E-state index contributed by atoms with van der Waals surface area (Å²) in [7, 11) is 0. The first-order chi connectivity index (χ1) is 13.9. The molecule has 2 heterocycles. The fraction of sp³-hybridized carbons (Fsp3) is 0.450. The van der Waals surface area contributed by atoms with E-state index in [9.17, 15) is 24.0 Å². The largest absolute Gasteiger partial charge is 0.334 e. The number of para-hydroxylation sites is 2. The average Bonchev–Trinajstić information content (AvgIpc) is 2.91. The number of hydrogen-bond acceptors (Lipinski definition) is 5. The van der Waals surface area contributed by atoms with Crippen LogP contribution in [0.5, 0.6) is 0 Å². The van der Waals surface area contributed by atoms with Crippen LogP contribution in [0.4, 0.5) is 16.2 Å². The van der Waals surface area contributed by atoms with Gasteiger partial charge in [0.05, 0.1) is 11.4 Å². The van der Waals surface area contributed by atoms with Crippen molar-refractivity contribution in [3.63, 3.8) is 0 Å². The number of fused-ring (bicyclic) bond motifs is 1. The van der Waals surface area contributed by atoms with E-state index in [1.54, 1.807) is 24.3 Å². The zero-order valence-electron chi connectivity index (χ0n) is 16.1. The summed E-state index contributed by atoms with van der Waals surface area (Å²) in [5.74, 6) is -2.72.